The van der Waals surface area contributed by atoms with Gasteiger partial charge in [-0.2, -0.15) is 0 Å². The molecule has 0 aliphatic carbocycles. The second-order valence-corrected chi connectivity index (χ2v) is 5.83. The summed E-state index contributed by atoms with van der Waals surface area (Å²) in [5, 5.41) is 4.55. The fraction of sp³-hybridized carbons (Fsp3) is 0.118. The van der Waals surface area contributed by atoms with Gasteiger partial charge in [0.15, 0.2) is 0 Å². The Labute approximate surface area is 132 Å². The first-order chi connectivity index (χ1) is 10.8. The Hall–Kier alpha value is -2.53. The zero-order valence-electron chi connectivity index (χ0n) is 11.9. The molecule has 3 aromatic rings. The van der Waals surface area contributed by atoms with Gasteiger partial charge in [-0.25, -0.2) is 4.98 Å². The predicted molar refractivity (Wildman–Crippen MR) is 88.7 cm³/mol. The van der Waals surface area contributed by atoms with Crippen molar-refractivity contribution in [2.75, 3.05) is 5.32 Å². The molecular formula is C17H15N3OS. The van der Waals surface area contributed by atoms with E-state index in [2.05, 4.69) is 15.3 Å². The van der Waals surface area contributed by atoms with Crippen LogP contribution in [0.25, 0.3) is 10.6 Å². The number of pyridine rings is 1. The number of carbonyl (C=O) groups excluding carboxylic acids is 1. The molecule has 0 atom stereocenters. The van der Waals surface area contributed by atoms with Crippen LogP contribution in [0.3, 0.4) is 0 Å². The average Bonchev–Trinajstić information content (AvgIpc) is 3.03. The number of anilines is 1. The molecule has 1 N–H and O–H groups in total. The van der Waals surface area contributed by atoms with Gasteiger partial charge in [-0.3, -0.25) is 9.78 Å². The number of benzene rings is 1. The van der Waals surface area contributed by atoms with Gasteiger partial charge in [0.1, 0.15) is 10.0 Å². The van der Waals surface area contributed by atoms with E-state index in [1.807, 2.05) is 42.5 Å². The minimum atomic E-state index is 0.00813. The number of thiazole rings is 1. The smallest absolute Gasteiger partial charge is 0.225 e. The number of hydrogen-bond acceptors (Lipinski definition) is 4. The lowest BCUT2D eigenvalue weighted by molar-refractivity contribution is -0.116. The van der Waals surface area contributed by atoms with E-state index < -0.39 is 0 Å². The number of aryl methyl sites for hydroxylation is 1. The molecule has 4 nitrogen and oxygen atoms in total. The Morgan fingerprint density at radius 2 is 1.86 bits per heavy atom. The minimum Gasteiger partial charge on any atom is -0.316 e. The molecule has 1 aromatic carbocycles. The minimum absolute atomic E-state index is 0.00813. The highest BCUT2D eigenvalue weighted by molar-refractivity contribution is 7.19. The predicted octanol–water partition coefficient (Wildman–Crippen LogP) is 3.78. The maximum absolute atomic E-state index is 12.0. The topological polar surface area (TPSA) is 54.9 Å². The quantitative estimate of drug-likeness (QED) is 0.780. The van der Waals surface area contributed by atoms with Crippen molar-refractivity contribution in [2.24, 2.45) is 0 Å². The third-order valence-corrected chi connectivity index (χ3v) is 4.14. The van der Waals surface area contributed by atoms with Crippen LogP contribution in [0.5, 0.6) is 0 Å². The molecule has 0 radical (unpaired) electrons. The van der Waals surface area contributed by atoms with Crippen LogP contribution in [0.1, 0.15) is 12.0 Å². The van der Waals surface area contributed by atoms with Crippen LogP contribution in [0.2, 0.25) is 0 Å². The summed E-state index contributed by atoms with van der Waals surface area (Å²) in [5.74, 6) is 0.00813. The third kappa shape index (κ3) is 3.77. The second kappa shape index (κ2) is 6.95. The summed E-state index contributed by atoms with van der Waals surface area (Å²) in [6.45, 7) is 0. The van der Waals surface area contributed by atoms with Crippen LogP contribution in [0.15, 0.2) is 61.1 Å². The van der Waals surface area contributed by atoms with E-state index in [0.29, 0.717) is 6.42 Å². The van der Waals surface area contributed by atoms with Crippen molar-refractivity contribution in [3.05, 3.63) is 66.6 Å². The summed E-state index contributed by atoms with van der Waals surface area (Å²) in [6.07, 6.45) is 6.36. The molecule has 2 heterocycles. The van der Waals surface area contributed by atoms with Crippen LogP contribution in [-0.2, 0) is 11.2 Å². The number of amides is 1. The largest absolute Gasteiger partial charge is 0.316 e. The lowest BCUT2D eigenvalue weighted by Crippen LogP contribution is -2.11. The molecule has 2 aromatic heterocycles. The lowest BCUT2D eigenvalue weighted by atomic mass is 10.1. The summed E-state index contributed by atoms with van der Waals surface area (Å²) in [4.78, 5) is 20.3. The van der Waals surface area contributed by atoms with Crippen molar-refractivity contribution in [3.8, 4) is 10.6 Å². The Kier molecular flexibility index (Phi) is 4.56. The van der Waals surface area contributed by atoms with Gasteiger partial charge in [-0.05, 0) is 24.1 Å². The van der Waals surface area contributed by atoms with E-state index in [-0.39, 0.29) is 5.91 Å². The van der Waals surface area contributed by atoms with Crippen LogP contribution >= 0.6 is 11.3 Å². The van der Waals surface area contributed by atoms with Gasteiger partial charge in [0.2, 0.25) is 5.91 Å². The van der Waals surface area contributed by atoms with Crippen LogP contribution in [0.4, 0.5) is 5.00 Å². The molecular weight excluding hydrogens is 294 g/mol. The van der Waals surface area contributed by atoms with Crippen molar-refractivity contribution < 1.29 is 4.79 Å². The van der Waals surface area contributed by atoms with Gasteiger partial charge in [0.25, 0.3) is 0 Å². The molecule has 5 heteroatoms. The van der Waals surface area contributed by atoms with Crippen molar-refractivity contribution in [1.82, 2.24) is 9.97 Å². The number of nitrogens with one attached hydrogen (secondary N) is 1. The highest BCUT2D eigenvalue weighted by atomic mass is 32.1. The molecule has 0 saturated heterocycles. The van der Waals surface area contributed by atoms with Gasteiger partial charge in [-0.1, -0.05) is 41.7 Å². The Morgan fingerprint density at radius 3 is 2.64 bits per heavy atom. The molecule has 110 valence electrons. The maximum atomic E-state index is 12.0. The number of nitrogens with zero attached hydrogens (tertiary/aromatic N) is 2. The number of hydrogen-bond donors (Lipinski definition) is 1. The molecule has 0 spiro atoms. The summed E-state index contributed by atoms with van der Waals surface area (Å²) in [7, 11) is 0. The molecule has 0 saturated carbocycles. The summed E-state index contributed by atoms with van der Waals surface area (Å²) in [5.41, 5.74) is 2.17. The van der Waals surface area contributed by atoms with E-state index >= 15 is 0 Å². The molecule has 0 aliphatic rings. The van der Waals surface area contributed by atoms with E-state index in [4.69, 9.17) is 0 Å². The number of aromatic nitrogens is 2. The standard InChI is InChI=1S/C17H15N3OS/c21-15(7-6-13-4-2-1-3-5-13)20-16-12-19-17(22-16)14-8-10-18-11-9-14/h1-5,8-12H,6-7H2,(H,20,21). The molecule has 0 fully saturated rings. The fourth-order valence-corrected chi connectivity index (χ4v) is 2.90. The van der Waals surface area contributed by atoms with Crippen molar-refractivity contribution in [1.29, 1.82) is 0 Å². The Morgan fingerprint density at radius 1 is 1.09 bits per heavy atom. The molecule has 0 bridgehead atoms. The van der Waals surface area contributed by atoms with Crippen LogP contribution in [0, 0.1) is 0 Å². The third-order valence-electron chi connectivity index (χ3n) is 3.18. The van der Waals surface area contributed by atoms with Gasteiger partial charge in [-0.15, -0.1) is 0 Å². The lowest BCUT2D eigenvalue weighted by Gasteiger charge is -2.02. The highest BCUT2D eigenvalue weighted by Gasteiger charge is 2.08. The van der Waals surface area contributed by atoms with Crippen molar-refractivity contribution in [2.45, 2.75) is 12.8 Å². The van der Waals surface area contributed by atoms with E-state index in [1.54, 1.807) is 18.6 Å². The van der Waals surface area contributed by atoms with Crippen LogP contribution < -0.4 is 5.32 Å². The van der Waals surface area contributed by atoms with Crippen molar-refractivity contribution >= 4 is 22.2 Å². The van der Waals surface area contributed by atoms with E-state index in [9.17, 15) is 4.79 Å². The average molecular weight is 309 g/mol. The normalized spacial score (nSPS) is 10.4. The first kappa shape index (κ1) is 14.4. The maximum Gasteiger partial charge on any atom is 0.225 e. The summed E-state index contributed by atoms with van der Waals surface area (Å²) >= 11 is 1.47. The fourth-order valence-electron chi connectivity index (χ4n) is 2.06. The monoisotopic (exact) mass is 309 g/mol. The zero-order valence-corrected chi connectivity index (χ0v) is 12.7. The second-order valence-electron chi connectivity index (χ2n) is 4.80. The van der Waals surface area contributed by atoms with Crippen molar-refractivity contribution in [3.63, 3.8) is 0 Å². The summed E-state index contributed by atoms with van der Waals surface area (Å²) in [6, 6.07) is 13.8. The molecule has 0 unspecified atom stereocenters. The molecule has 1 amide bonds. The Balaban J connectivity index is 1.57. The van der Waals surface area contributed by atoms with Gasteiger partial charge in [0.05, 0.1) is 6.20 Å². The summed E-state index contributed by atoms with van der Waals surface area (Å²) < 4.78 is 0. The first-order valence-corrected chi connectivity index (χ1v) is 7.83. The zero-order chi connectivity index (χ0) is 15.2. The van der Waals surface area contributed by atoms with Gasteiger partial charge in [0, 0.05) is 24.4 Å². The van der Waals surface area contributed by atoms with Gasteiger partial charge >= 0.3 is 0 Å². The highest BCUT2D eigenvalue weighted by Crippen LogP contribution is 2.27. The Bertz CT molecular complexity index is 741. The molecule has 22 heavy (non-hydrogen) atoms. The first-order valence-electron chi connectivity index (χ1n) is 7.01. The van der Waals surface area contributed by atoms with E-state index in [0.717, 1.165) is 22.0 Å². The number of carbonyl (C=O) groups is 1. The number of rotatable bonds is 5. The van der Waals surface area contributed by atoms with E-state index in [1.165, 1.54) is 16.9 Å². The van der Waals surface area contributed by atoms with Gasteiger partial charge < -0.3 is 5.32 Å². The molecule has 3 rings (SSSR count). The SMILES string of the molecule is O=C(CCc1ccccc1)Nc1cnc(-c2ccncc2)s1. The van der Waals surface area contributed by atoms with Crippen LogP contribution in [-0.4, -0.2) is 15.9 Å². The molecule has 0 aliphatic heterocycles.